The van der Waals surface area contributed by atoms with Gasteiger partial charge in [0, 0.05) is 55.6 Å². The minimum atomic E-state index is -2.86. The van der Waals surface area contributed by atoms with Crippen LogP contribution in [0.2, 0.25) is 57.4 Å². The predicted octanol–water partition coefficient (Wildman–Crippen LogP) is 3.77. The summed E-state index contributed by atoms with van der Waals surface area (Å²) < 4.78 is 40.7. The van der Waals surface area contributed by atoms with E-state index in [1.54, 1.807) is 65.7 Å². The zero-order valence-corrected chi connectivity index (χ0v) is 36.8. The van der Waals surface area contributed by atoms with Crippen LogP contribution in [-0.4, -0.2) is 122 Å². The molecule has 15 heteroatoms. The van der Waals surface area contributed by atoms with Gasteiger partial charge < -0.3 is 41.6 Å². The lowest BCUT2D eigenvalue weighted by atomic mass is 10.1. The van der Waals surface area contributed by atoms with Crippen molar-refractivity contribution in [3.63, 3.8) is 0 Å². The number of benzene rings is 1. The largest absolute Gasteiger partial charge is 0.507 e. The van der Waals surface area contributed by atoms with Crippen molar-refractivity contribution in [1.82, 2.24) is 10.6 Å². The molecule has 1 unspecified atom stereocenters. The summed E-state index contributed by atoms with van der Waals surface area (Å²) in [6, 6.07) is 7.79. The maximum Gasteiger partial charge on any atom is 0.507 e. The van der Waals surface area contributed by atoms with Gasteiger partial charge in [-0.15, -0.1) is 0 Å². The molecule has 0 amide bonds. The van der Waals surface area contributed by atoms with E-state index >= 15 is 0 Å². The quantitative estimate of drug-likeness (QED) is 0.0887. The first-order valence-corrected chi connectivity index (χ1v) is 29.2. The van der Waals surface area contributed by atoms with E-state index < -0.39 is 43.5 Å². The van der Waals surface area contributed by atoms with Gasteiger partial charge in [-0.25, -0.2) is 0 Å². The van der Waals surface area contributed by atoms with Crippen molar-refractivity contribution >= 4 is 63.4 Å². The molecule has 0 bridgehead atoms. The van der Waals surface area contributed by atoms with Crippen LogP contribution < -0.4 is 21.0 Å². The molecule has 0 saturated heterocycles. The molecule has 260 valence electrons. The highest BCUT2D eigenvalue weighted by molar-refractivity contribution is 6.76. The van der Waals surface area contributed by atoms with Crippen molar-refractivity contribution in [1.29, 1.82) is 0 Å². The zero-order chi connectivity index (χ0) is 34.3. The fraction of sp³-hybridized carbons (Fsp3) is 0.800. The van der Waals surface area contributed by atoms with Crippen LogP contribution in [0.3, 0.4) is 0 Å². The van der Waals surface area contributed by atoms with Gasteiger partial charge in [0.1, 0.15) is 0 Å². The van der Waals surface area contributed by atoms with Crippen molar-refractivity contribution in [2.45, 2.75) is 94.9 Å². The van der Waals surface area contributed by atoms with E-state index in [4.69, 9.17) is 31.0 Å². The third-order valence-corrected chi connectivity index (χ3v) is 22.5. The lowest BCUT2D eigenvalue weighted by Gasteiger charge is -2.33. The van der Waals surface area contributed by atoms with Crippen molar-refractivity contribution in [3.05, 3.63) is 23.3 Å². The highest BCUT2D eigenvalue weighted by atomic mass is 28.4. The lowest BCUT2D eigenvalue weighted by Crippen LogP contribution is -2.51. The summed E-state index contributed by atoms with van der Waals surface area (Å²) in [6.45, 7) is 18.0. The monoisotopic (exact) mass is 732 g/mol. The molecule has 0 saturated carbocycles. The summed E-state index contributed by atoms with van der Waals surface area (Å²) in [5.41, 5.74) is 2.97. The van der Waals surface area contributed by atoms with Crippen molar-refractivity contribution < 1.29 is 31.0 Å². The minimum Gasteiger partial charge on any atom is -0.398 e. The summed E-state index contributed by atoms with van der Waals surface area (Å²) in [7, 11) is 4.55. The Morgan fingerprint density at radius 2 is 1.18 bits per heavy atom. The first-order valence-electron chi connectivity index (χ1n) is 16.1. The number of hydrogen-bond donors (Lipinski definition) is 2. The third kappa shape index (κ3) is 12.8. The maximum absolute atomic E-state index is 5.95. The molecule has 1 aromatic rings. The molecular formula is C30H64N2O7Si6. The summed E-state index contributed by atoms with van der Waals surface area (Å²) in [5.74, 6) is 0.256. The summed E-state index contributed by atoms with van der Waals surface area (Å²) in [6.07, 6.45) is 3.13. The van der Waals surface area contributed by atoms with Crippen LogP contribution in [-0.2, 0) is 37.4 Å². The van der Waals surface area contributed by atoms with Gasteiger partial charge in [0.2, 0.25) is 0 Å². The molecule has 0 heterocycles. The third-order valence-electron chi connectivity index (χ3n) is 9.00. The summed E-state index contributed by atoms with van der Waals surface area (Å²) in [4.78, 5) is 0. The topological polar surface area (TPSA) is 88.7 Å². The second-order valence-corrected chi connectivity index (χ2v) is 29.3. The summed E-state index contributed by atoms with van der Waals surface area (Å²) in [5, 5.41) is 10.8. The van der Waals surface area contributed by atoms with E-state index in [0.29, 0.717) is 0 Å². The fourth-order valence-corrected chi connectivity index (χ4v) is 15.3. The van der Waals surface area contributed by atoms with E-state index in [-0.39, 0.29) is 11.3 Å². The van der Waals surface area contributed by atoms with Crippen LogP contribution in [0, 0.1) is 0 Å². The Morgan fingerprint density at radius 3 is 1.56 bits per heavy atom. The van der Waals surface area contributed by atoms with Gasteiger partial charge in [-0.1, -0.05) is 67.2 Å². The normalized spacial score (nSPS) is 13.9. The van der Waals surface area contributed by atoms with Gasteiger partial charge in [-0.2, -0.15) is 0 Å². The Balaban J connectivity index is 3.20. The van der Waals surface area contributed by atoms with E-state index in [1.807, 2.05) is 0 Å². The molecule has 1 rings (SSSR count). The molecule has 0 aliphatic rings. The fourth-order valence-electron chi connectivity index (χ4n) is 5.76. The average Bonchev–Trinajstić information content (AvgIpc) is 3.04. The van der Waals surface area contributed by atoms with Gasteiger partial charge in [0.15, 0.2) is 0 Å². The molecule has 0 fully saturated rings. The Bertz CT molecular complexity index is 933. The Kier molecular flexibility index (Phi) is 20.4. The molecule has 1 aromatic carbocycles. The molecule has 1 atom stereocenters. The smallest absolute Gasteiger partial charge is 0.398 e. The zero-order valence-electron chi connectivity index (χ0n) is 30.8. The van der Waals surface area contributed by atoms with E-state index in [9.17, 15) is 0 Å². The van der Waals surface area contributed by atoms with Crippen LogP contribution in [0.4, 0.5) is 0 Å². The van der Waals surface area contributed by atoms with Gasteiger partial charge in [0.25, 0.3) is 0 Å². The van der Waals surface area contributed by atoms with Gasteiger partial charge >= 0.3 is 25.9 Å². The van der Waals surface area contributed by atoms with E-state index in [0.717, 1.165) is 60.0 Å². The van der Waals surface area contributed by atoms with Crippen molar-refractivity contribution in [3.8, 4) is 0 Å². The number of rotatable bonds is 25. The molecule has 0 aliphatic heterocycles. The van der Waals surface area contributed by atoms with Crippen LogP contribution in [0.5, 0.6) is 0 Å². The molecule has 4 radical (unpaired) electrons. The first kappa shape index (κ1) is 43.2. The Labute approximate surface area is 285 Å². The second-order valence-electron chi connectivity index (χ2n) is 12.3. The second kappa shape index (κ2) is 21.3. The van der Waals surface area contributed by atoms with Crippen LogP contribution >= 0.6 is 0 Å². The van der Waals surface area contributed by atoms with E-state index in [2.05, 4.69) is 69.0 Å². The predicted molar refractivity (Wildman–Crippen MR) is 200 cm³/mol. The molecular weight excluding hydrogens is 669 g/mol. The average molecular weight is 733 g/mol. The molecule has 2 N–H and O–H groups in total. The first-order chi connectivity index (χ1) is 21.3. The molecule has 45 heavy (non-hydrogen) atoms. The van der Waals surface area contributed by atoms with Crippen molar-refractivity contribution in [2.24, 2.45) is 0 Å². The maximum atomic E-state index is 5.95. The van der Waals surface area contributed by atoms with Gasteiger partial charge in [-0.05, 0) is 63.1 Å². The Morgan fingerprint density at radius 1 is 0.711 bits per heavy atom. The van der Waals surface area contributed by atoms with Crippen molar-refractivity contribution in [2.75, 3.05) is 62.9 Å². The van der Waals surface area contributed by atoms with E-state index in [1.165, 1.54) is 5.56 Å². The Hall–Kier alpha value is 0.161. The van der Waals surface area contributed by atoms with Crippen LogP contribution in [0.25, 0.3) is 0 Å². The lowest BCUT2D eigenvalue weighted by molar-refractivity contribution is 0.114. The molecule has 0 aromatic heterocycles. The van der Waals surface area contributed by atoms with Gasteiger partial charge in [-0.3, -0.25) is 0 Å². The number of hydrogen-bond acceptors (Lipinski definition) is 9. The SMILES string of the molecule is CO[Si](C)(CCCNC(NCCC[Si](C)(OC)OC)[Si]CCc1c([Si](C)C)ccc(C(C)[Si](OC)(OC)OC)c1[Si](C)C)OC. The highest BCUT2D eigenvalue weighted by Gasteiger charge is 2.46. The standard InChI is InChI=1S/C30H64N2O7Si6/c1-25(45(37-6,38-7)39-8)26-17-18-28(41(9)10)27(29(26)42(11)12)19-22-40-30(31-20-15-23-43(13,33-2)34-3)32-21-16-24-44(14,35-4)36-5/h17-18,25,30-32H,15-16,19-24H2,1-14H3. The molecule has 0 spiro atoms. The minimum absolute atomic E-state index is 0.0602. The van der Waals surface area contributed by atoms with Gasteiger partial charge in [0.05, 0.1) is 32.7 Å². The van der Waals surface area contributed by atoms with Crippen LogP contribution in [0.15, 0.2) is 12.1 Å². The summed E-state index contributed by atoms with van der Waals surface area (Å²) >= 11 is 0. The highest BCUT2D eigenvalue weighted by Crippen LogP contribution is 2.28. The number of nitrogens with one attached hydrogen (secondary N) is 2. The molecule has 0 aliphatic carbocycles. The molecule has 9 nitrogen and oxygen atoms in total. The van der Waals surface area contributed by atoms with Crippen LogP contribution in [0.1, 0.15) is 36.4 Å².